The van der Waals surface area contributed by atoms with E-state index in [-0.39, 0.29) is 11.6 Å². The van der Waals surface area contributed by atoms with Gasteiger partial charge in [0.05, 0.1) is 18.0 Å². The number of rotatable bonds is 4. The van der Waals surface area contributed by atoms with Gasteiger partial charge in [0.15, 0.2) is 5.75 Å². The number of carboxylic acid groups (broad SMARTS) is 1. The van der Waals surface area contributed by atoms with Crippen LogP contribution in [0.4, 0.5) is 0 Å². The largest absolute Gasteiger partial charge is 0.478 e. The predicted octanol–water partition coefficient (Wildman–Crippen LogP) is 2.35. The molecule has 2 aromatic heterocycles. The van der Waals surface area contributed by atoms with Crippen molar-refractivity contribution in [2.45, 2.75) is 19.9 Å². The van der Waals surface area contributed by atoms with Gasteiger partial charge in [-0.05, 0) is 19.9 Å². The van der Waals surface area contributed by atoms with Crippen molar-refractivity contribution in [2.24, 2.45) is 0 Å². The van der Waals surface area contributed by atoms with Gasteiger partial charge >= 0.3 is 5.97 Å². The smallest absolute Gasteiger partial charge is 0.337 e. The first-order chi connectivity index (χ1) is 8.56. The van der Waals surface area contributed by atoms with Gasteiger partial charge in [0.1, 0.15) is 0 Å². The lowest BCUT2D eigenvalue weighted by atomic mass is 10.3. The van der Waals surface area contributed by atoms with Crippen LogP contribution < -0.4 is 4.74 Å². The Morgan fingerprint density at radius 3 is 2.67 bits per heavy atom. The number of ether oxygens (including phenoxy) is 1. The normalized spacial score (nSPS) is 10.6. The third-order valence-electron chi connectivity index (χ3n) is 2.31. The molecule has 0 aromatic carbocycles. The van der Waals surface area contributed by atoms with E-state index in [1.807, 2.05) is 13.8 Å². The predicted molar refractivity (Wildman–Crippen MR) is 63.9 cm³/mol. The Hall–Kier alpha value is -2.37. The highest BCUT2D eigenvalue weighted by molar-refractivity contribution is 5.87. The highest BCUT2D eigenvalue weighted by Crippen LogP contribution is 2.19. The fourth-order valence-corrected chi connectivity index (χ4v) is 1.34. The number of carboxylic acids is 1. The van der Waals surface area contributed by atoms with Crippen LogP contribution >= 0.6 is 0 Å². The van der Waals surface area contributed by atoms with Crippen LogP contribution in [-0.2, 0) is 0 Å². The van der Waals surface area contributed by atoms with Gasteiger partial charge in [-0.3, -0.25) is 4.68 Å². The molecule has 6 heteroatoms. The Morgan fingerprint density at radius 1 is 1.39 bits per heavy atom. The second-order valence-corrected chi connectivity index (χ2v) is 4.04. The number of aromatic nitrogens is 3. The Kier molecular flexibility index (Phi) is 3.27. The SMILES string of the molecule is CC(C)n1cc(Oc2ccc(C(=O)O)cn2)cn1. The molecule has 0 spiro atoms. The molecule has 1 N–H and O–H groups in total. The number of nitrogens with zero attached hydrogens (tertiary/aromatic N) is 3. The summed E-state index contributed by atoms with van der Waals surface area (Å²) < 4.78 is 7.22. The summed E-state index contributed by atoms with van der Waals surface area (Å²) in [5, 5.41) is 12.9. The summed E-state index contributed by atoms with van der Waals surface area (Å²) in [6.45, 7) is 4.02. The van der Waals surface area contributed by atoms with Gasteiger partial charge in [0, 0.05) is 18.3 Å². The zero-order chi connectivity index (χ0) is 13.1. The molecule has 0 aliphatic heterocycles. The minimum Gasteiger partial charge on any atom is -0.478 e. The maximum atomic E-state index is 10.7. The molecule has 2 heterocycles. The minimum atomic E-state index is -1.01. The van der Waals surface area contributed by atoms with E-state index in [1.54, 1.807) is 17.1 Å². The molecule has 94 valence electrons. The van der Waals surface area contributed by atoms with Gasteiger partial charge in [0.2, 0.25) is 5.88 Å². The standard InChI is InChI=1S/C12H13N3O3/c1-8(2)15-7-10(6-14-15)18-11-4-3-9(5-13-11)12(16)17/h3-8H,1-2H3,(H,16,17). The summed E-state index contributed by atoms with van der Waals surface area (Å²) in [7, 11) is 0. The van der Waals surface area contributed by atoms with E-state index in [0.717, 1.165) is 0 Å². The fourth-order valence-electron chi connectivity index (χ4n) is 1.34. The van der Waals surface area contributed by atoms with E-state index in [4.69, 9.17) is 9.84 Å². The zero-order valence-corrected chi connectivity index (χ0v) is 10.1. The van der Waals surface area contributed by atoms with Crippen molar-refractivity contribution in [3.63, 3.8) is 0 Å². The summed E-state index contributed by atoms with van der Waals surface area (Å²) in [6, 6.07) is 3.21. The van der Waals surface area contributed by atoms with Crippen LogP contribution in [-0.4, -0.2) is 25.8 Å². The lowest BCUT2D eigenvalue weighted by Crippen LogP contribution is -1.99. The number of pyridine rings is 1. The molecule has 0 bridgehead atoms. The number of hydrogen-bond donors (Lipinski definition) is 1. The number of carbonyl (C=O) groups is 1. The highest BCUT2D eigenvalue weighted by Gasteiger charge is 2.06. The van der Waals surface area contributed by atoms with Crippen LogP contribution in [0.2, 0.25) is 0 Å². The van der Waals surface area contributed by atoms with Crippen molar-refractivity contribution < 1.29 is 14.6 Å². The van der Waals surface area contributed by atoms with E-state index < -0.39 is 5.97 Å². The Balaban J connectivity index is 2.10. The molecule has 0 radical (unpaired) electrons. The molecular formula is C12H13N3O3. The topological polar surface area (TPSA) is 77.2 Å². The first kappa shape index (κ1) is 12.1. The summed E-state index contributed by atoms with van der Waals surface area (Å²) in [5.74, 6) is -0.107. The number of hydrogen-bond acceptors (Lipinski definition) is 4. The summed E-state index contributed by atoms with van der Waals surface area (Å²) in [5.41, 5.74) is 0.125. The van der Waals surface area contributed by atoms with Gasteiger partial charge in [-0.15, -0.1) is 0 Å². The third kappa shape index (κ3) is 2.65. The van der Waals surface area contributed by atoms with E-state index in [1.165, 1.54) is 18.3 Å². The molecule has 0 saturated heterocycles. The number of aromatic carboxylic acids is 1. The van der Waals surface area contributed by atoms with Crippen LogP contribution in [0.3, 0.4) is 0 Å². The van der Waals surface area contributed by atoms with Crippen molar-refractivity contribution in [3.05, 3.63) is 36.3 Å². The quantitative estimate of drug-likeness (QED) is 0.897. The summed E-state index contributed by atoms with van der Waals surface area (Å²) in [6.07, 6.45) is 4.61. The molecule has 0 unspecified atom stereocenters. The van der Waals surface area contributed by atoms with E-state index in [2.05, 4.69) is 10.1 Å². The first-order valence-electron chi connectivity index (χ1n) is 5.47. The second kappa shape index (κ2) is 4.87. The molecule has 0 amide bonds. The third-order valence-corrected chi connectivity index (χ3v) is 2.31. The minimum absolute atomic E-state index is 0.125. The van der Waals surface area contributed by atoms with Crippen molar-refractivity contribution in [1.82, 2.24) is 14.8 Å². The lowest BCUT2D eigenvalue weighted by Gasteiger charge is -2.03. The van der Waals surface area contributed by atoms with Gasteiger partial charge in [-0.1, -0.05) is 0 Å². The molecule has 2 rings (SSSR count). The molecule has 0 fully saturated rings. The van der Waals surface area contributed by atoms with E-state index >= 15 is 0 Å². The lowest BCUT2D eigenvalue weighted by molar-refractivity contribution is 0.0696. The van der Waals surface area contributed by atoms with Gasteiger partial charge in [-0.2, -0.15) is 5.10 Å². The molecular weight excluding hydrogens is 234 g/mol. The van der Waals surface area contributed by atoms with Crippen molar-refractivity contribution in [2.75, 3.05) is 0 Å². The van der Waals surface area contributed by atoms with Crippen LogP contribution in [0.15, 0.2) is 30.7 Å². The molecule has 0 aliphatic rings. The molecule has 2 aromatic rings. The fraction of sp³-hybridized carbons (Fsp3) is 0.250. The van der Waals surface area contributed by atoms with Crippen molar-refractivity contribution in [3.8, 4) is 11.6 Å². The average Bonchev–Trinajstić information content (AvgIpc) is 2.78. The van der Waals surface area contributed by atoms with Crippen molar-refractivity contribution in [1.29, 1.82) is 0 Å². The van der Waals surface area contributed by atoms with Gasteiger partial charge in [0.25, 0.3) is 0 Å². The maximum Gasteiger partial charge on any atom is 0.337 e. The molecule has 18 heavy (non-hydrogen) atoms. The highest BCUT2D eigenvalue weighted by atomic mass is 16.5. The maximum absolute atomic E-state index is 10.7. The van der Waals surface area contributed by atoms with Crippen LogP contribution in [0, 0.1) is 0 Å². The Labute approximate surface area is 104 Å². The van der Waals surface area contributed by atoms with Crippen LogP contribution in [0.25, 0.3) is 0 Å². The van der Waals surface area contributed by atoms with E-state index in [0.29, 0.717) is 11.6 Å². The van der Waals surface area contributed by atoms with Gasteiger partial charge < -0.3 is 9.84 Å². The van der Waals surface area contributed by atoms with Gasteiger partial charge in [-0.25, -0.2) is 9.78 Å². The van der Waals surface area contributed by atoms with E-state index in [9.17, 15) is 4.79 Å². The van der Waals surface area contributed by atoms with Crippen molar-refractivity contribution >= 4 is 5.97 Å². The van der Waals surface area contributed by atoms with Crippen LogP contribution in [0.1, 0.15) is 30.2 Å². The van der Waals surface area contributed by atoms with Crippen LogP contribution in [0.5, 0.6) is 11.6 Å². The monoisotopic (exact) mass is 247 g/mol. The Bertz CT molecular complexity index is 546. The Morgan fingerprint density at radius 2 is 2.17 bits per heavy atom. The zero-order valence-electron chi connectivity index (χ0n) is 10.1. The summed E-state index contributed by atoms with van der Waals surface area (Å²) >= 11 is 0. The molecule has 6 nitrogen and oxygen atoms in total. The molecule has 0 atom stereocenters. The first-order valence-corrected chi connectivity index (χ1v) is 5.47. The second-order valence-electron chi connectivity index (χ2n) is 4.04. The molecule has 0 saturated carbocycles. The average molecular weight is 247 g/mol. The molecule has 0 aliphatic carbocycles. The summed E-state index contributed by atoms with van der Waals surface area (Å²) in [4.78, 5) is 14.6.